The maximum Gasteiger partial charge on any atom is 0.419 e. The van der Waals surface area contributed by atoms with Crippen molar-refractivity contribution in [2.24, 2.45) is 0 Å². The lowest BCUT2D eigenvalue weighted by molar-refractivity contribution is 0.0540. The van der Waals surface area contributed by atoms with Crippen LogP contribution in [0.4, 0.5) is 4.79 Å². The standard InChI is InChI=1S/C18H22BrNO3/c1-5-10-22-15-8-6-13(7-9-15)16-11-14(19)12-20(16)17(21)23-18(2,3)4/h6-9,11-12H,5,10H2,1-4H3. The summed E-state index contributed by atoms with van der Waals surface area (Å²) in [5.41, 5.74) is 1.15. The van der Waals surface area contributed by atoms with E-state index in [1.807, 2.05) is 51.1 Å². The highest BCUT2D eigenvalue weighted by molar-refractivity contribution is 9.10. The van der Waals surface area contributed by atoms with Crippen molar-refractivity contribution in [3.05, 3.63) is 41.0 Å². The summed E-state index contributed by atoms with van der Waals surface area (Å²) in [6, 6.07) is 9.59. The summed E-state index contributed by atoms with van der Waals surface area (Å²) in [7, 11) is 0. The third-order valence-corrected chi connectivity index (χ3v) is 3.43. The Morgan fingerprint density at radius 3 is 2.43 bits per heavy atom. The zero-order valence-electron chi connectivity index (χ0n) is 13.9. The molecule has 1 aromatic heterocycles. The summed E-state index contributed by atoms with van der Waals surface area (Å²) in [5.74, 6) is 0.824. The predicted octanol–water partition coefficient (Wildman–Crippen LogP) is 5.49. The molecule has 4 nitrogen and oxygen atoms in total. The average molecular weight is 380 g/mol. The Hall–Kier alpha value is -1.75. The van der Waals surface area contributed by atoms with E-state index in [4.69, 9.17) is 9.47 Å². The zero-order valence-corrected chi connectivity index (χ0v) is 15.5. The zero-order chi connectivity index (χ0) is 17.0. The van der Waals surface area contributed by atoms with Crippen LogP contribution in [0.3, 0.4) is 0 Å². The summed E-state index contributed by atoms with van der Waals surface area (Å²) in [6.07, 6.45) is 2.28. The van der Waals surface area contributed by atoms with Gasteiger partial charge < -0.3 is 9.47 Å². The van der Waals surface area contributed by atoms with Gasteiger partial charge in [-0.15, -0.1) is 0 Å². The van der Waals surface area contributed by atoms with Crippen molar-refractivity contribution in [3.63, 3.8) is 0 Å². The Balaban J connectivity index is 2.27. The van der Waals surface area contributed by atoms with Gasteiger partial charge in [-0.2, -0.15) is 0 Å². The van der Waals surface area contributed by atoms with Gasteiger partial charge in [-0.05, 0) is 79.0 Å². The van der Waals surface area contributed by atoms with Gasteiger partial charge in [0.1, 0.15) is 11.4 Å². The normalized spacial score (nSPS) is 11.3. The second-order valence-electron chi connectivity index (χ2n) is 6.27. The Bertz CT molecular complexity index is 669. The van der Waals surface area contributed by atoms with Crippen molar-refractivity contribution in [2.75, 3.05) is 6.61 Å². The van der Waals surface area contributed by atoms with Crippen molar-refractivity contribution in [2.45, 2.75) is 39.7 Å². The summed E-state index contributed by atoms with van der Waals surface area (Å²) in [5, 5.41) is 0. The van der Waals surface area contributed by atoms with Gasteiger partial charge in [0.25, 0.3) is 0 Å². The van der Waals surface area contributed by atoms with E-state index in [9.17, 15) is 4.79 Å². The van der Waals surface area contributed by atoms with Gasteiger partial charge in [0.2, 0.25) is 0 Å². The van der Waals surface area contributed by atoms with Gasteiger partial charge in [0.15, 0.2) is 0 Å². The molecule has 0 aliphatic carbocycles. The highest BCUT2D eigenvalue weighted by atomic mass is 79.9. The number of benzene rings is 1. The van der Waals surface area contributed by atoms with Crippen molar-refractivity contribution < 1.29 is 14.3 Å². The van der Waals surface area contributed by atoms with Crippen LogP contribution in [-0.4, -0.2) is 22.9 Å². The van der Waals surface area contributed by atoms with Crippen molar-refractivity contribution in [1.82, 2.24) is 4.57 Å². The van der Waals surface area contributed by atoms with Crippen molar-refractivity contribution in [3.8, 4) is 17.0 Å². The largest absolute Gasteiger partial charge is 0.494 e. The predicted molar refractivity (Wildman–Crippen MR) is 95.0 cm³/mol. The minimum absolute atomic E-state index is 0.399. The molecule has 0 unspecified atom stereocenters. The monoisotopic (exact) mass is 379 g/mol. The molecule has 124 valence electrons. The topological polar surface area (TPSA) is 40.5 Å². The molecule has 0 bridgehead atoms. The molecule has 0 aliphatic heterocycles. The number of carbonyl (C=O) groups is 1. The molecule has 0 spiro atoms. The molecule has 0 radical (unpaired) electrons. The van der Waals surface area contributed by atoms with Crippen LogP contribution in [0.2, 0.25) is 0 Å². The highest BCUT2D eigenvalue weighted by Crippen LogP contribution is 2.28. The Labute approximate surface area is 145 Å². The fourth-order valence-corrected chi connectivity index (χ4v) is 2.48. The molecule has 0 N–H and O–H groups in total. The van der Waals surface area contributed by atoms with E-state index in [-0.39, 0.29) is 0 Å². The number of carbonyl (C=O) groups excluding carboxylic acids is 1. The Morgan fingerprint density at radius 1 is 1.22 bits per heavy atom. The van der Waals surface area contributed by atoms with E-state index in [1.54, 1.807) is 6.20 Å². The molecule has 5 heteroatoms. The highest BCUT2D eigenvalue weighted by Gasteiger charge is 2.20. The first-order chi connectivity index (χ1) is 10.8. The van der Waals surface area contributed by atoms with E-state index in [0.29, 0.717) is 6.61 Å². The van der Waals surface area contributed by atoms with Gasteiger partial charge >= 0.3 is 6.09 Å². The molecule has 0 atom stereocenters. The lowest BCUT2D eigenvalue weighted by Crippen LogP contribution is -2.27. The minimum Gasteiger partial charge on any atom is -0.494 e. The molecule has 0 saturated carbocycles. The van der Waals surface area contributed by atoms with Gasteiger partial charge in [0, 0.05) is 10.7 Å². The van der Waals surface area contributed by atoms with Crippen molar-refractivity contribution >= 4 is 22.0 Å². The summed E-state index contributed by atoms with van der Waals surface area (Å²) < 4.78 is 13.4. The number of rotatable bonds is 4. The van der Waals surface area contributed by atoms with Gasteiger partial charge in [0.05, 0.1) is 12.3 Å². The maximum atomic E-state index is 12.4. The third-order valence-electron chi connectivity index (χ3n) is 3.00. The summed E-state index contributed by atoms with van der Waals surface area (Å²) in [4.78, 5) is 12.4. The molecule has 2 rings (SSSR count). The first-order valence-electron chi connectivity index (χ1n) is 7.64. The maximum absolute atomic E-state index is 12.4. The van der Waals surface area contributed by atoms with Crippen LogP contribution in [-0.2, 0) is 4.74 Å². The molecule has 0 fully saturated rings. The number of hydrogen-bond acceptors (Lipinski definition) is 3. The van der Waals surface area contributed by atoms with Gasteiger partial charge in [-0.25, -0.2) is 4.79 Å². The average Bonchev–Trinajstić information content (AvgIpc) is 2.86. The van der Waals surface area contributed by atoms with E-state index >= 15 is 0 Å². The molecule has 1 aromatic carbocycles. The molecular weight excluding hydrogens is 358 g/mol. The lowest BCUT2D eigenvalue weighted by atomic mass is 10.1. The van der Waals surface area contributed by atoms with Crippen LogP contribution in [0, 0.1) is 0 Å². The van der Waals surface area contributed by atoms with Gasteiger partial charge in [-0.3, -0.25) is 4.57 Å². The summed E-state index contributed by atoms with van der Waals surface area (Å²) in [6.45, 7) is 8.31. The Morgan fingerprint density at radius 2 is 1.87 bits per heavy atom. The second kappa shape index (κ2) is 7.21. The minimum atomic E-state index is -0.539. The van der Waals surface area contributed by atoms with Crippen LogP contribution in [0.15, 0.2) is 41.0 Å². The number of nitrogens with zero attached hydrogens (tertiary/aromatic N) is 1. The SMILES string of the molecule is CCCOc1ccc(-c2cc(Br)cn2C(=O)OC(C)(C)C)cc1. The molecule has 2 aromatic rings. The molecule has 0 saturated heterocycles. The van der Waals surface area contributed by atoms with Gasteiger partial charge in [-0.1, -0.05) is 6.92 Å². The number of ether oxygens (including phenoxy) is 2. The van der Waals surface area contributed by atoms with E-state index in [2.05, 4.69) is 22.9 Å². The van der Waals surface area contributed by atoms with Crippen LogP contribution < -0.4 is 4.74 Å². The van der Waals surface area contributed by atoms with E-state index in [0.717, 1.165) is 27.9 Å². The number of hydrogen-bond donors (Lipinski definition) is 0. The second-order valence-corrected chi connectivity index (χ2v) is 7.18. The van der Waals surface area contributed by atoms with Crippen LogP contribution in [0.1, 0.15) is 34.1 Å². The molecule has 23 heavy (non-hydrogen) atoms. The fraction of sp³-hybridized carbons (Fsp3) is 0.389. The van der Waals surface area contributed by atoms with E-state index in [1.165, 1.54) is 4.57 Å². The smallest absolute Gasteiger partial charge is 0.419 e. The Kier molecular flexibility index (Phi) is 5.52. The quantitative estimate of drug-likeness (QED) is 0.704. The lowest BCUT2D eigenvalue weighted by Gasteiger charge is -2.20. The summed E-state index contributed by atoms with van der Waals surface area (Å²) >= 11 is 3.42. The molecular formula is C18H22BrNO3. The van der Waals surface area contributed by atoms with Crippen LogP contribution in [0.25, 0.3) is 11.3 Å². The van der Waals surface area contributed by atoms with Crippen LogP contribution >= 0.6 is 15.9 Å². The van der Waals surface area contributed by atoms with Crippen LogP contribution in [0.5, 0.6) is 5.75 Å². The molecule has 0 amide bonds. The number of aromatic nitrogens is 1. The number of halogens is 1. The third kappa shape index (κ3) is 4.86. The molecule has 1 heterocycles. The van der Waals surface area contributed by atoms with E-state index < -0.39 is 11.7 Å². The first-order valence-corrected chi connectivity index (χ1v) is 8.44. The first kappa shape index (κ1) is 17.6. The van der Waals surface area contributed by atoms with Crippen molar-refractivity contribution in [1.29, 1.82) is 0 Å². The molecule has 0 aliphatic rings. The fourth-order valence-electron chi connectivity index (χ4n) is 2.06.